The molecule has 0 aromatic heterocycles. The van der Waals surface area contributed by atoms with Crippen molar-refractivity contribution in [3.8, 4) is 0 Å². The first-order chi connectivity index (χ1) is 10.5. The fourth-order valence-corrected chi connectivity index (χ4v) is 7.45. The van der Waals surface area contributed by atoms with Crippen LogP contribution in [-0.4, -0.2) is 12.0 Å². The number of hydrogen-bond donors (Lipinski definition) is 1. The lowest BCUT2D eigenvalue weighted by Gasteiger charge is -2.61. The number of rotatable bonds is 1. The lowest BCUT2D eigenvalue weighted by Crippen LogP contribution is -2.56. The minimum Gasteiger partial charge on any atom is -0.312 e. The largest absolute Gasteiger partial charge is 0.312 e. The summed E-state index contributed by atoms with van der Waals surface area (Å²) in [5, 5.41) is 8.00. The van der Waals surface area contributed by atoms with Gasteiger partial charge >= 0.3 is 0 Å². The molecule has 122 valence electrons. The van der Waals surface area contributed by atoms with Crippen LogP contribution in [0.3, 0.4) is 0 Å². The van der Waals surface area contributed by atoms with Crippen LogP contribution in [0.2, 0.25) is 0 Å². The van der Waals surface area contributed by atoms with Gasteiger partial charge in [0.05, 0.1) is 5.41 Å². The zero-order chi connectivity index (χ0) is 15.5. The smallest absolute Gasteiger partial charge is 0.144 e. The predicted octanol–water partition coefficient (Wildman–Crippen LogP) is 4.86. The molecule has 0 aliphatic heterocycles. The number of nitrogens with one attached hydrogen (secondary N) is 1. The van der Waals surface area contributed by atoms with Crippen molar-refractivity contribution in [3.05, 3.63) is 0 Å². The standard InChI is InChI=1S/C20H31NO/c1-13-11-14-5-3-4-9-19(14,2)15-8-10-20(12-21)16(18(13)15)6-7-17(20)22/h12-16,18,21H,3-11H2,1-2H3/t13-,14?,15+,16+,18-,19+,20-/m1/s1. The number of ketones is 1. The van der Waals surface area contributed by atoms with Crippen LogP contribution in [-0.2, 0) is 4.79 Å². The Hall–Kier alpha value is -0.660. The average Bonchev–Trinajstić information content (AvgIpc) is 2.86. The fourth-order valence-electron chi connectivity index (χ4n) is 7.45. The summed E-state index contributed by atoms with van der Waals surface area (Å²) < 4.78 is 0. The Morgan fingerprint density at radius 3 is 2.73 bits per heavy atom. The maximum atomic E-state index is 12.6. The number of Topliss-reactive ketones (excluding diaryl/α,β-unsaturated/α-hetero) is 1. The highest BCUT2D eigenvalue weighted by molar-refractivity contribution is 6.01. The lowest BCUT2D eigenvalue weighted by atomic mass is 9.43. The molecule has 4 aliphatic carbocycles. The molecule has 0 amide bonds. The summed E-state index contributed by atoms with van der Waals surface area (Å²) >= 11 is 0. The van der Waals surface area contributed by atoms with Crippen LogP contribution >= 0.6 is 0 Å². The van der Waals surface area contributed by atoms with E-state index in [9.17, 15) is 4.79 Å². The summed E-state index contributed by atoms with van der Waals surface area (Å²) in [7, 11) is 0. The summed E-state index contributed by atoms with van der Waals surface area (Å²) in [6, 6.07) is 0. The molecule has 7 atom stereocenters. The zero-order valence-corrected chi connectivity index (χ0v) is 14.2. The van der Waals surface area contributed by atoms with E-state index in [0.717, 1.165) is 37.0 Å². The molecular weight excluding hydrogens is 270 g/mol. The molecule has 22 heavy (non-hydrogen) atoms. The van der Waals surface area contributed by atoms with E-state index in [4.69, 9.17) is 5.41 Å². The van der Waals surface area contributed by atoms with E-state index >= 15 is 0 Å². The van der Waals surface area contributed by atoms with Gasteiger partial charge in [-0.05, 0) is 73.5 Å². The third kappa shape index (κ3) is 1.73. The summed E-state index contributed by atoms with van der Waals surface area (Å²) in [5.41, 5.74) is 0.155. The van der Waals surface area contributed by atoms with Crippen LogP contribution < -0.4 is 0 Å². The lowest BCUT2D eigenvalue weighted by molar-refractivity contribution is -0.138. The topological polar surface area (TPSA) is 40.9 Å². The molecule has 0 spiro atoms. The van der Waals surface area contributed by atoms with Crippen molar-refractivity contribution in [3.63, 3.8) is 0 Å². The van der Waals surface area contributed by atoms with Crippen molar-refractivity contribution in [2.45, 2.75) is 71.6 Å². The first kappa shape index (κ1) is 14.9. The van der Waals surface area contributed by atoms with Gasteiger partial charge < -0.3 is 5.41 Å². The molecule has 4 aliphatic rings. The van der Waals surface area contributed by atoms with E-state index in [-0.39, 0.29) is 5.41 Å². The summed E-state index contributed by atoms with van der Waals surface area (Å²) in [6.45, 7) is 5.03. The highest BCUT2D eigenvalue weighted by atomic mass is 16.1. The third-order valence-corrected chi connectivity index (χ3v) is 8.53. The van der Waals surface area contributed by atoms with Crippen molar-refractivity contribution < 1.29 is 4.79 Å². The third-order valence-electron chi connectivity index (χ3n) is 8.53. The Balaban J connectivity index is 1.73. The van der Waals surface area contributed by atoms with Gasteiger partial charge in [0.2, 0.25) is 0 Å². The monoisotopic (exact) mass is 301 g/mol. The molecule has 0 bridgehead atoms. The molecule has 0 radical (unpaired) electrons. The first-order valence-corrected chi connectivity index (χ1v) is 9.58. The first-order valence-electron chi connectivity index (χ1n) is 9.58. The van der Waals surface area contributed by atoms with E-state index in [1.165, 1.54) is 38.5 Å². The van der Waals surface area contributed by atoms with Gasteiger partial charge in [-0.15, -0.1) is 0 Å². The highest BCUT2D eigenvalue weighted by Gasteiger charge is 2.62. The van der Waals surface area contributed by atoms with E-state index in [1.807, 2.05) is 0 Å². The van der Waals surface area contributed by atoms with Crippen molar-refractivity contribution in [1.82, 2.24) is 0 Å². The molecule has 0 saturated heterocycles. The van der Waals surface area contributed by atoms with E-state index in [2.05, 4.69) is 13.8 Å². The number of fused-ring (bicyclic) bond motifs is 5. The molecule has 2 heteroatoms. The number of carbonyl (C=O) groups is 1. The molecule has 1 N–H and O–H groups in total. The molecule has 4 fully saturated rings. The Labute approximate surface area is 134 Å². The maximum absolute atomic E-state index is 12.6. The molecule has 4 saturated carbocycles. The van der Waals surface area contributed by atoms with Crippen molar-refractivity contribution in [2.24, 2.45) is 40.4 Å². The Morgan fingerprint density at radius 1 is 1.14 bits per heavy atom. The Morgan fingerprint density at radius 2 is 1.95 bits per heavy atom. The van der Waals surface area contributed by atoms with Crippen LogP contribution in [0.25, 0.3) is 0 Å². The molecule has 0 aromatic carbocycles. The SMILES string of the molecule is C[C@@H]1CC2CCCC[C@]2(C)[C@H]2CC[C@]3(C=N)C(=O)CC[C@H]3[C@H]12. The molecule has 4 rings (SSSR count). The molecule has 1 unspecified atom stereocenters. The zero-order valence-electron chi connectivity index (χ0n) is 14.2. The second-order valence-corrected chi connectivity index (χ2v) is 9.14. The second-order valence-electron chi connectivity index (χ2n) is 9.14. The van der Waals surface area contributed by atoms with Gasteiger partial charge in [-0.1, -0.05) is 26.7 Å². The highest BCUT2D eigenvalue weighted by Crippen LogP contribution is 2.66. The number of carbonyl (C=O) groups excluding carboxylic acids is 1. The minimum absolute atomic E-state index is 0.368. The van der Waals surface area contributed by atoms with E-state index in [1.54, 1.807) is 6.21 Å². The maximum Gasteiger partial charge on any atom is 0.144 e. The van der Waals surface area contributed by atoms with Crippen LogP contribution in [0, 0.1) is 45.8 Å². The van der Waals surface area contributed by atoms with Crippen molar-refractivity contribution >= 4 is 12.0 Å². The summed E-state index contributed by atoms with van der Waals surface area (Å²) in [6.07, 6.45) is 12.6. The number of hydrogen-bond acceptors (Lipinski definition) is 2. The molecule has 0 heterocycles. The van der Waals surface area contributed by atoms with Crippen molar-refractivity contribution in [1.29, 1.82) is 5.41 Å². The summed E-state index contributed by atoms with van der Waals surface area (Å²) in [4.78, 5) is 12.6. The molecular formula is C20H31NO. The normalized spacial score (nSPS) is 54.3. The van der Waals surface area contributed by atoms with Gasteiger partial charge in [-0.2, -0.15) is 0 Å². The van der Waals surface area contributed by atoms with Gasteiger partial charge in [-0.25, -0.2) is 0 Å². The second kappa shape index (κ2) is 4.92. The van der Waals surface area contributed by atoms with Gasteiger partial charge in [-0.3, -0.25) is 4.79 Å². The average molecular weight is 301 g/mol. The fraction of sp³-hybridized carbons (Fsp3) is 0.900. The quantitative estimate of drug-likeness (QED) is 0.690. The summed E-state index contributed by atoms with van der Waals surface area (Å²) in [5.74, 6) is 4.03. The molecule has 0 aromatic rings. The van der Waals surface area contributed by atoms with Crippen LogP contribution in [0.15, 0.2) is 0 Å². The van der Waals surface area contributed by atoms with Crippen LogP contribution in [0.4, 0.5) is 0 Å². The van der Waals surface area contributed by atoms with E-state index < -0.39 is 0 Å². The predicted molar refractivity (Wildman–Crippen MR) is 89.0 cm³/mol. The minimum atomic E-state index is -0.368. The molecule has 2 nitrogen and oxygen atoms in total. The van der Waals surface area contributed by atoms with Gasteiger partial charge in [0.1, 0.15) is 5.78 Å². The van der Waals surface area contributed by atoms with Gasteiger partial charge in [0, 0.05) is 12.6 Å². The Kier molecular flexibility index (Phi) is 3.33. The van der Waals surface area contributed by atoms with Gasteiger partial charge in [0.15, 0.2) is 0 Å². The van der Waals surface area contributed by atoms with Crippen LogP contribution in [0.1, 0.15) is 71.6 Å². The van der Waals surface area contributed by atoms with Crippen LogP contribution in [0.5, 0.6) is 0 Å². The van der Waals surface area contributed by atoms with E-state index in [0.29, 0.717) is 23.0 Å². The Bertz CT molecular complexity index is 500. The van der Waals surface area contributed by atoms with Gasteiger partial charge in [0.25, 0.3) is 0 Å². The van der Waals surface area contributed by atoms with Crippen molar-refractivity contribution in [2.75, 3.05) is 0 Å².